The molecular weight excluding hydrogens is 722 g/mol. The first-order valence-electron chi connectivity index (χ1n) is 19.7. The Bertz CT molecular complexity index is 2200. The number of benzene rings is 3. The highest BCUT2D eigenvalue weighted by atomic mass is 19.4. The van der Waals surface area contributed by atoms with Gasteiger partial charge in [0.2, 0.25) is 11.8 Å². The number of aromatic nitrogens is 2. The number of piperazine rings is 1. The number of imide groups is 1. The Morgan fingerprint density at radius 3 is 2.00 bits per heavy atom. The number of hydrogen-bond acceptors (Lipinski definition) is 8. The van der Waals surface area contributed by atoms with Gasteiger partial charge in [-0.3, -0.25) is 28.9 Å². The van der Waals surface area contributed by atoms with Crippen molar-refractivity contribution in [3.05, 3.63) is 87.8 Å². The molecule has 4 fully saturated rings. The van der Waals surface area contributed by atoms with Crippen molar-refractivity contribution in [2.45, 2.75) is 56.7 Å². The molecule has 4 aliphatic heterocycles. The van der Waals surface area contributed by atoms with Crippen molar-refractivity contribution < 1.29 is 22.8 Å². The highest BCUT2D eigenvalue weighted by Crippen LogP contribution is 2.37. The predicted octanol–water partition coefficient (Wildman–Crippen LogP) is 5.63. The molecule has 8 rings (SSSR count). The summed E-state index contributed by atoms with van der Waals surface area (Å²) in [6.07, 6.45) is -0.0351. The molecule has 0 aliphatic carbocycles. The van der Waals surface area contributed by atoms with Crippen molar-refractivity contribution in [2.24, 2.45) is 13.0 Å². The third kappa shape index (κ3) is 7.48. The van der Waals surface area contributed by atoms with Crippen molar-refractivity contribution in [2.75, 3.05) is 73.6 Å². The van der Waals surface area contributed by atoms with E-state index in [9.17, 15) is 27.6 Å². The first kappa shape index (κ1) is 37.6. The largest absolute Gasteiger partial charge is 0.417 e. The molecule has 1 atom stereocenters. The summed E-state index contributed by atoms with van der Waals surface area (Å²) in [5.74, 6) is 0.268. The number of nitrogens with zero attached hydrogens (tertiary/aromatic N) is 7. The quantitative estimate of drug-likeness (QED) is 0.241. The lowest BCUT2D eigenvalue weighted by atomic mass is 9.88. The molecular formula is C42H47F3N8O3. The standard InChI is InChI=1S/C42H47F3N8O3/c1-48-38-25-34(8-9-36(38)53(41(48)56)37-10-11-39(54)47-40(37)55)52-22-20-49(21-23-52)27-28-12-16-50(17-13-28)32-5-2-29(3-6-32)30-14-18-51(19-15-30)33-7-4-31(26-46)35(24-33)42(43,44)45/h2-9,24-25,28,30,37H,10-23,27H2,1H3,(H,47,54,55). The Morgan fingerprint density at radius 2 is 1.34 bits per heavy atom. The van der Waals surface area contributed by atoms with Gasteiger partial charge < -0.3 is 14.7 Å². The van der Waals surface area contributed by atoms with Gasteiger partial charge in [-0.25, -0.2) is 4.79 Å². The average Bonchev–Trinajstić information content (AvgIpc) is 3.46. The number of halogens is 3. The molecule has 294 valence electrons. The predicted molar refractivity (Wildman–Crippen MR) is 209 cm³/mol. The second kappa shape index (κ2) is 15.3. The van der Waals surface area contributed by atoms with Crippen molar-refractivity contribution in [3.63, 3.8) is 0 Å². The fourth-order valence-corrected chi connectivity index (χ4v) is 9.20. The molecule has 1 N–H and O–H groups in total. The maximum absolute atomic E-state index is 13.5. The zero-order valence-electron chi connectivity index (χ0n) is 31.6. The summed E-state index contributed by atoms with van der Waals surface area (Å²) in [5.41, 5.74) is 4.08. The van der Waals surface area contributed by atoms with Crippen LogP contribution in [0.5, 0.6) is 0 Å². The van der Waals surface area contributed by atoms with Crippen molar-refractivity contribution in [1.82, 2.24) is 19.4 Å². The Kier molecular flexibility index (Phi) is 10.3. The molecule has 0 radical (unpaired) electrons. The topological polar surface area (TPSA) is 110 Å². The average molecular weight is 769 g/mol. The molecule has 0 saturated carbocycles. The van der Waals surface area contributed by atoms with Crippen LogP contribution in [0.1, 0.15) is 67.2 Å². The minimum Gasteiger partial charge on any atom is -0.372 e. The summed E-state index contributed by atoms with van der Waals surface area (Å²) in [7, 11) is 1.73. The lowest BCUT2D eigenvalue weighted by molar-refractivity contribution is -0.138. The van der Waals surface area contributed by atoms with Gasteiger partial charge in [0.25, 0.3) is 0 Å². The monoisotopic (exact) mass is 768 g/mol. The lowest BCUT2D eigenvalue weighted by Crippen LogP contribution is -2.49. The van der Waals surface area contributed by atoms with Gasteiger partial charge in [0.15, 0.2) is 0 Å². The van der Waals surface area contributed by atoms with E-state index in [-0.39, 0.29) is 23.6 Å². The van der Waals surface area contributed by atoms with Crippen LogP contribution in [0.25, 0.3) is 11.0 Å². The van der Waals surface area contributed by atoms with Crippen LogP contribution in [-0.2, 0) is 22.8 Å². The number of aryl methyl sites for hydroxylation is 1. The van der Waals surface area contributed by atoms with E-state index in [4.69, 9.17) is 5.26 Å². The van der Waals surface area contributed by atoms with E-state index >= 15 is 0 Å². The number of nitriles is 1. The van der Waals surface area contributed by atoms with E-state index in [1.54, 1.807) is 23.8 Å². The molecule has 14 heteroatoms. The molecule has 4 aliphatic rings. The van der Waals surface area contributed by atoms with Gasteiger partial charge in [-0.2, -0.15) is 18.4 Å². The van der Waals surface area contributed by atoms with Crippen LogP contribution in [0.3, 0.4) is 0 Å². The third-order valence-corrected chi connectivity index (χ3v) is 12.5. The molecule has 1 aromatic heterocycles. The third-order valence-electron chi connectivity index (χ3n) is 12.5. The summed E-state index contributed by atoms with van der Waals surface area (Å²) in [6.45, 7) is 8.18. The summed E-state index contributed by atoms with van der Waals surface area (Å²) in [5, 5.41) is 11.5. The van der Waals surface area contributed by atoms with Gasteiger partial charge in [-0.1, -0.05) is 12.1 Å². The molecule has 1 unspecified atom stereocenters. The Hall–Kier alpha value is -5.29. The maximum atomic E-state index is 13.5. The summed E-state index contributed by atoms with van der Waals surface area (Å²) >= 11 is 0. The second-order valence-electron chi connectivity index (χ2n) is 15.8. The van der Waals surface area contributed by atoms with Crippen LogP contribution in [0, 0.1) is 17.2 Å². The summed E-state index contributed by atoms with van der Waals surface area (Å²) in [4.78, 5) is 46.9. The first-order valence-corrected chi connectivity index (χ1v) is 19.7. The lowest BCUT2D eigenvalue weighted by Gasteiger charge is -2.40. The van der Waals surface area contributed by atoms with Gasteiger partial charge in [0, 0.05) is 89.4 Å². The summed E-state index contributed by atoms with van der Waals surface area (Å²) in [6, 6.07) is 19.8. The van der Waals surface area contributed by atoms with E-state index in [2.05, 4.69) is 44.3 Å². The van der Waals surface area contributed by atoms with E-state index in [0.717, 1.165) is 88.8 Å². The number of carbonyl (C=O) groups excluding carboxylic acids is 2. The van der Waals surface area contributed by atoms with Crippen LogP contribution < -0.4 is 25.7 Å². The molecule has 3 aromatic carbocycles. The van der Waals surface area contributed by atoms with E-state index in [0.29, 0.717) is 42.6 Å². The first-order chi connectivity index (χ1) is 27.0. The Balaban J connectivity index is 0.798. The fraction of sp³-hybridized carbons (Fsp3) is 0.476. The van der Waals surface area contributed by atoms with Crippen LogP contribution >= 0.6 is 0 Å². The SMILES string of the molecule is Cn1c(=O)n(C2CCC(=O)NC2=O)c2ccc(N3CCN(CC4CCN(c5ccc(C6CCN(c7ccc(C#N)c(C(F)(F)F)c7)CC6)cc5)CC4)CC3)cc21. The van der Waals surface area contributed by atoms with Crippen LogP contribution in [0.2, 0.25) is 0 Å². The number of hydrogen-bond donors (Lipinski definition) is 1. The van der Waals surface area contributed by atoms with E-state index < -0.39 is 23.7 Å². The molecule has 11 nitrogen and oxygen atoms in total. The number of nitrogens with one attached hydrogen (secondary N) is 1. The minimum atomic E-state index is -4.56. The highest BCUT2D eigenvalue weighted by Gasteiger charge is 2.35. The summed E-state index contributed by atoms with van der Waals surface area (Å²) < 4.78 is 43.7. The van der Waals surface area contributed by atoms with Gasteiger partial charge in [-0.05, 0) is 98.0 Å². The van der Waals surface area contributed by atoms with Gasteiger partial charge in [0.05, 0.1) is 28.2 Å². The minimum absolute atomic E-state index is 0.214. The number of piperidine rings is 3. The molecule has 4 aromatic rings. The smallest absolute Gasteiger partial charge is 0.372 e. The molecule has 4 saturated heterocycles. The van der Waals surface area contributed by atoms with Crippen molar-refractivity contribution in [1.29, 1.82) is 5.26 Å². The number of rotatable bonds is 7. The highest BCUT2D eigenvalue weighted by molar-refractivity contribution is 6.00. The molecule has 2 amide bonds. The molecule has 0 spiro atoms. The van der Waals surface area contributed by atoms with E-state index in [1.807, 2.05) is 23.1 Å². The number of alkyl halides is 3. The van der Waals surface area contributed by atoms with Crippen LogP contribution in [0.4, 0.5) is 30.2 Å². The molecule has 0 bridgehead atoms. The Morgan fingerprint density at radius 1 is 0.732 bits per heavy atom. The molecule has 56 heavy (non-hydrogen) atoms. The zero-order valence-corrected chi connectivity index (χ0v) is 31.6. The van der Waals surface area contributed by atoms with Gasteiger partial charge in [0.1, 0.15) is 6.04 Å². The van der Waals surface area contributed by atoms with Crippen molar-refractivity contribution in [3.8, 4) is 6.07 Å². The number of anilines is 3. The Labute approximate surface area is 323 Å². The normalized spacial score (nSPS) is 20.8. The zero-order chi connectivity index (χ0) is 39.1. The van der Waals surface area contributed by atoms with Crippen LogP contribution in [0.15, 0.2) is 65.5 Å². The van der Waals surface area contributed by atoms with Crippen LogP contribution in [-0.4, -0.2) is 84.8 Å². The van der Waals surface area contributed by atoms with Crippen molar-refractivity contribution >= 4 is 39.9 Å². The van der Waals surface area contributed by atoms with Gasteiger partial charge in [-0.15, -0.1) is 0 Å². The fourth-order valence-electron chi connectivity index (χ4n) is 9.20. The van der Waals surface area contributed by atoms with E-state index in [1.165, 1.54) is 21.9 Å². The number of amides is 2. The number of carbonyl (C=O) groups is 2. The molecule has 5 heterocycles. The van der Waals surface area contributed by atoms with Gasteiger partial charge >= 0.3 is 11.9 Å². The number of imidazole rings is 1. The number of fused-ring (bicyclic) bond motifs is 1. The maximum Gasteiger partial charge on any atom is 0.417 e. The second-order valence-corrected chi connectivity index (χ2v) is 15.8.